The Balaban J connectivity index is 1.78. The lowest BCUT2D eigenvalue weighted by molar-refractivity contribution is 0.100. The van der Waals surface area contributed by atoms with Crippen LogP contribution in [-0.4, -0.2) is 30.5 Å². The van der Waals surface area contributed by atoms with E-state index in [-0.39, 0.29) is 16.4 Å². The van der Waals surface area contributed by atoms with Crippen molar-refractivity contribution in [2.45, 2.75) is 42.1 Å². The van der Waals surface area contributed by atoms with Crippen LogP contribution in [0.5, 0.6) is 0 Å². The second-order valence-corrected chi connectivity index (χ2v) is 10.1. The summed E-state index contributed by atoms with van der Waals surface area (Å²) in [6, 6.07) is 3.73. The minimum atomic E-state index is -2.43. The van der Waals surface area contributed by atoms with E-state index in [1.54, 1.807) is 6.07 Å². The van der Waals surface area contributed by atoms with Gasteiger partial charge < -0.3 is 10.7 Å². The summed E-state index contributed by atoms with van der Waals surface area (Å²) < 4.78 is 21.5. The largest absolute Gasteiger partial charge is 0.366 e. The van der Waals surface area contributed by atoms with E-state index in [0.717, 1.165) is 46.6 Å². The van der Waals surface area contributed by atoms with Crippen molar-refractivity contribution < 1.29 is 13.9 Å². The van der Waals surface area contributed by atoms with E-state index in [1.165, 1.54) is 0 Å². The van der Waals surface area contributed by atoms with Gasteiger partial charge in [0.2, 0.25) is 0 Å². The maximum Gasteiger partial charge on any atom is 0.250 e. The number of carbonyl (C=O) groups excluding carboxylic acids is 1. The highest BCUT2D eigenvalue weighted by molar-refractivity contribution is 9.10. The molecular formula is C16H19BrN2O3S. The first-order valence-electron chi connectivity index (χ1n) is 7.74. The van der Waals surface area contributed by atoms with Crippen molar-refractivity contribution in [1.29, 1.82) is 0 Å². The first-order valence-corrected chi connectivity index (χ1v) is 10.2. The molecule has 2 aliphatic heterocycles. The van der Waals surface area contributed by atoms with E-state index >= 15 is 0 Å². The molecule has 0 saturated carbocycles. The van der Waals surface area contributed by atoms with E-state index in [1.807, 2.05) is 12.3 Å². The number of rotatable bonds is 2. The first kappa shape index (κ1) is 15.5. The second kappa shape index (κ2) is 5.24. The van der Waals surface area contributed by atoms with Gasteiger partial charge in [-0.05, 0) is 49.3 Å². The quantitative estimate of drug-likeness (QED) is 0.609. The van der Waals surface area contributed by atoms with Crippen molar-refractivity contribution >= 4 is 43.3 Å². The number of halogens is 1. The molecule has 2 fully saturated rings. The molecule has 0 aliphatic carbocycles. The minimum Gasteiger partial charge on any atom is -0.366 e. The number of hydrogen-bond donors (Lipinski definition) is 4. The molecule has 0 radical (unpaired) electrons. The van der Waals surface area contributed by atoms with Gasteiger partial charge >= 0.3 is 0 Å². The predicted octanol–water partition coefficient (Wildman–Crippen LogP) is 4.19. The lowest BCUT2D eigenvalue weighted by Crippen LogP contribution is -2.28. The molecule has 1 aromatic carbocycles. The zero-order chi connectivity index (χ0) is 16.4. The minimum absolute atomic E-state index is 0.0129. The topological polar surface area (TPSA) is 99.3 Å². The van der Waals surface area contributed by atoms with Gasteiger partial charge in [-0.2, -0.15) is 10.6 Å². The van der Waals surface area contributed by atoms with Crippen molar-refractivity contribution in [2.24, 2.45) is 5.73 Å². The van der Waals surface area contributed by atoms with Crippen LogP contribution in [0.1, 0.15) is 47.5 Å². The summed E-state index contributed by atoms with van der Waals surface area (Å²) in [5, 5.41) is 1.02. The molecule has 2 atom stereocenters. The Labute approximate surface area is 144 Å². The Hall–Kier alpha value is -1.02. The third kappa shape index (κ3) is 2.33. The molecule has 5 N–H and O–H groups in total. The molecule has 2 bridgehead atoms. The summed E-state index contributed by atoms with van der Waals surface area (Å²) in [5.41, 5.74) is 7.87. The van der Waals surface area contributed by atoms with Crippen LogP contribution in [0.4, 0.5) is 0 Å². The molecule has 7 heteroatoms. The maximum atomic E-state index is 11.7. The van der Waals surface area contributed by atoms with Gasteiger partial charge in [-0.15, -0.1) is 0 Å². The lowest BCUT2D eigenvalue weighted by atomic mass is 9.90. The number of nitrogens with one attached hydrogen (secondary N) is 1. The summed E-state index contributed by atoms with van der Waals surface area (Å²) in [7, 11) is -2.43. The van der Waals surface area contributed by atoms with Gasteiger partial charge in [0.05, 0.1) is 11.1 Å². The number of H-pyrrole nitrogens is 1. The second-order valence-electron chi connectivity index (χ2n) is 6.61. The van der Waals surface area contributed by atoms with E-state index < -0.39 is 16.5 Å². The van der Waals surface area contributed by atoms with Gasteiger partial charge in [0, 0.05) is 26.6 Å². The molecule has 124 valence electrons. The Morgan fingerprint density at radius 2 is 1.91 bits per heavy atom. The number of fused-ring (bicyclic) bond motifs is 3. The Bertz CT molecular complexity index is 788. The zero-order valence-electron chi connectivity index (χ0n) is 12.5. The number of aromatic nitrogens is 1. The standard InChI is InChI=1S/C16H19BrN2O3S/c17-9-5-12-14(7-19-15(12)13(6-9)16(18)20)8-3-10-1-2-11(4-8)23(10,21)22/h5-8,10-11,19,21-22H,1-4H2,(H2,18,20). The Morgan fingerprint density at radius 3 is 2.52 bits per heavy atom. The number of hydrogen-bond acceptors (Lipinski definition) is 3. The summed E-state index contributed by atoms with van der Waals surface area (Å²) in [6.45, 7) is 0. The van der Waals surface area contributed by atoms with Crippen LogP contribution in [0.2, 0.25) is 0 Å². The molecule has 1 aromatic heterocycles. The molecule has 5 nitrogen and oxygen atoms in total. The molecular weight excluding hydrogens is 380 g/mol. The van der Waals surface area contributed by atoms with Crippen molar-refractivity contribution in [3.8, 4) is 0 Å². The van der Waals surface area contributed by atoms with E-state index in [4.69, 9.17) is 5.73 Å². The summed E-state index contributed by atoms with van der Waals surface area (Å²) in [6.07, 6.45) is 5.35. The SMILES string of the molecule is NC(=O)c1cc(Br)cc2c(C3CC4CCC(C3)S4(O)O)c[nH]c12. The highest BCUT2D eigenvalue weighted by Crippen LogP contribution is 2.66. The van der Waals surface area contributed by atoms with Gasteiger partial charge in [-0.3, -0.25) is 13.9 Å². The van der Waals surface area contributed by atoms with Crippen LogP contribution in [-0.2, 0) is 0 Å². The molecule has 2 aromatic rings. The number of nitrogens with two attached hydrogens (primary N) is 1. The molecule has 3 heterocycles. The van der Waals surface area contributed by atoms with E-state index in [2.05, 4.69) is 20.9 Å². The molecule has 2 unspecified atom stereocenters. The number of amides is 1. The first-order chi connectivity index (χ1) is 10.9. The summed E-state index contributed by atoms with van der Waals surface area (Å²) in [5.74, 6) is -0.168. The summed E-state index contributed by atoms with van der Waals surface area (Å²) >= 11 is 3.45. The smallest absolute Gasteiger partial charge is 0.250 e. The highest BCUT2D eigenvalue weighted by Gasteiger charge is 2.47. The van der Waals surface area contributed by atoms with Gasteiger partial charge in [0.15, 0.2) is 0 Å². The van der Waals surface area contributed by atoms with Crippen molar-refractivity contribution in [3.63, 3.8) is 0 Å². The van der Waals surface area contributed by atoms with Gasteiger partial charge in [-0.1, -0.05) is 15.9 Å². The van der Waals surface area contributed by atoms with Crippen molar-refractivity contribution in [3.05, 3.63) is 33.9 Å². The fourth-order valence-electron chi connectivity index (χ4n) is 4.24. The third-order valence-electron chi connectivity index (χ3n) is 5.38. The van der Waals surface area contributed by atoms with Crippen LogP contribution in [0.25, 0.3) is 10.9 Å². The normalized spacial score (nSPS) is 30.5. The fraction of sp³-hybridized carbons (Fsp3) is 0.438. The third-order valence-corrected chi connectivity index (χ3v) is 8.65. The van der Waals surface area contributed by atoms with Crippen LogP contribution in [0, 0.1) is 0 Å². The molecule has 0 spiro atoms. The zero-order valence-corrected chi connectivity index (χ0v) is 14.9. The van der Waals surface area contributed by atoms with Crippen LogP contribution in [0.15, 0.2) is 22.8 Å². The van der Waals surface area contributed by atoms with Crippen LogP contribution < -0.4 is 5.73 Å². The summed E-state index contributed by atoms with van der Waals surface area (Å²) in [4.78, 5) is 14.9. The maximum absolute atomic E-state index is 11.7. The molecule has 2 saturated heterocycles. The van der Waals surface area contributed by atoms with Gasteiger partial charge in [0.25, 0.3) is 5.91 Å². The van der Waals surface area contributed by atoms with E-state index in [0.29, 0.717) is 5.56 Å². The van der Waals surface area contributed by atoms with Gasteiger partial charge in [-0.25, -0.2) is 0 Å². The Kier molecular flexibility index (Phi) is 3.53. The van der Waals surface area contributed by atoms with E-state index in [9.17, 15) is 13.9 Å². The molecule has 2 aliphatic rings. The highest BCUT2D eigenvalue weighted by atomic mass is 79.9. The van der Waals surface area contributed by atoms with Crippen LogP contribution >= 0.6 is 26.5 Å². The lowest BCUT2D eigenvalue weighted by Gasteiger charge is -2.46. The molecule has 4 rings (SSSR count). The average Bonchev–Trinajstić information content (AvgIpc) is 2.90. The number of primary amides is 1. The fourth-order valence-corrected chi connectivity index (χ4v) is 7.24. The van der Waals surface area contributed by atoms with Crippen molar-refractivity contribution in [2.75, 3.05) is 0 Å². The Morgan fingerprint density at radius 1 is 1.26 bits per heavy atom. The van der Waals surface area contributed by atoms with Gasteiger partial charge in [0.1, 0.15) is 0 Å². The molecule has 1 amide bonds. The number of aromatic amines is 1. The van der Waals surface area contributed by atoms with Crippen molar-refractivity contribution in [1.82, 2.24) is 4.98 Å². The number of benzene rings is 1. The monoisotopic (exact) mass is 398 g/mol. The predicted molar refractivity (Wildman–Crippen MR) is 96.2 cm³/mol. The van der Waals surface area contributed by atoms with Crippen LogP contribution in [0.3, 0.4) is 0 Å². The molecule has 23 heavy (non-hydrogen) atoms. The average molecular weight is 399 g/mol. The number of carbonyl (C=O) groups is 1.